The average molecular weight is 182 g/mol. The van der Waals surface area contributed by atoms with Crippen LogP contribution in [0.15, 0.2) is 18.2 Å². The minimum absolute atomic E-state index is 0.450. The standard InChI is InChI=1S/C10H15FN2/c1-13(2)7-8-3-4-10(12)5-9(8)6-11/h3-5H,6-7,12H2,1-2H3. The summed E-state index contributed by atoms with van der Waals surface area (Å²) < 4.78 is 12.5. The molecule has 0 radical (unpaired) electrons. The second kappa shape index (κ2) is 4.23. The average Bonchev–Trinajstić information content (AvgIpc) is 2.07. The number of halogens is 1. The van der Waals surface area contributed by atoms with Crippen molar-refractivity contribution in [2.75, 3.05) is 19.8 Å². The summed E-state index contributed by atoms with van der Waals surface area (Å²) in [6, 6.07) is 5.38. The number of nitrogen functional groups attached to an aromatic ring is 1. The van der Waals surface area contributed by atoms with Crippen molar-refractivity contribution < 1.29 is 4.39 Å². The summed E-state index contributed by atoms with van der Waals surface area (Å²) in [5.74, 6) is 0. The lowest BCUT2D eigenvalue weighted by Gasteiger charge is -2.12. The zero-order valence-electron chi connectivity index (χ0n) is 8.05. The lowest BCUT2D eigenvalue weighted by molar-refractivity contribution is 0.395. The van der Waals surface area contributed by atoms with E-state index in [4.69, 9.17) is 5.73 Å². The molecule has 0 aliphatic rings. The first-order valence-corrected chi connectivity index (χ1v) is 4.21. The monoisotopic (exact) mass is 182 g/mol. The molecule has 0 aromatic heterocycles. The Balaban J connectivity index is 2.92. The summed E-state index contributed by atoms with van der Waals surface area (Å²) in [5.41, 5.74) is 7.86. The maximum Gasteiger partial charge on any atom is 0.115 e. The number of hydrogen-bond acceptors (Lipinski definition) is 2. The van der Waals surface area contributed by atoms with Crippen molar-refractivity contribution in [3.05, 3.63) is 29.3 Å². The Bertz CT molecular complexity index is 284. The molecular weight excluding hydrogens is 167 g/mol. The van der Waals surface area contributed by atoms with Gasteiger partial charge in [-0.25, -0.2) is 4.39 Å². The highest BCUT2D eigenvalue weighted by molar-refractivity contribution is 5.44. The van der Waals surface area contributed by atoms with Crippen LogP contribution in [-0.2, 0) is 13.2 Å². The van der Waals surface area contributed by atoms with Gasteiger partial charge in [-0.15, -0.1) is 0 Å². The lowest BCUT2D eigenvalue weighted by atomic mass is 10.1. The Hall–Kier alpha value is -1.09. The van der Waals surface area contributed by atoms with Gasteiger partial charge in [0.1, 0.15) is 6.67 Å². The smallest absolute Gasteiger partial charge is 0.115 e. The van der Waals surface area contributed by atoms with Crippen LogP contribution in [0.4, 0.5) is 10.1 Å². The molecule has 2 N–H and O–H groups in total. The molecular formula is C10H15FN2. The van der Waals surface area contributed by atoms with Gasteiger partial charge in [-0.05, 0) is 37.4 Å². The van der Waals surface area contributed by atoms with Gasteiger partial charge >= 0.3 is 0 Å². The van der Waals surface area contributed by atoms with E-state index in [1.165, 1.54) is 0 Å². The summed E-state index contributed by atoms with van der Waals surface area (Å²) in [5, 5.41) is 0. The number of hydrogen-bond donors (Lipinski definition) is 1. The summed E-state index contributed by atoms with van der Waals surface area (Å²) >= 11 is 0. The molecule has 0 aliphatic heterocycles. The van der Waals surface area contributed by atoms with Gasteiger partial charge in [0.25, 0.3) is 0 Å². The van der Waals surface area contributed by atoms with Crippen molar-refractivity contribution in [3.8, 4) is 0 Å². The minimum atomic E-state index is -0.450. The summed E-state index contributed by atoms with van der Waals surface area (Å²) in [7, 11) is 3.91. The van der Waals surface area contributed by atoms with Gasteiger partial charge in [0.05, 0.1) is 0 Å². The molecule has 3 heteroatoms. The first kappa shape index (κ1) is 9.99. The third kappa shape index (κ3) is 2.70. The van der Waals surface area contributed by atoms with Crippen LogP contribution in [0, 0.1) is 0 Å². The van der Waals surface area contributed by atoms with E-state index in [1.807, 2.05) is 25.1 Å². The highest BCUT2D eigenvalue weighted by atomic mass is 19.1. The first-order chi connectivity index (χ1) is 6.13. The van der Waals surface area contributed by atoms with Crippen LogP contribution in [0.25, 0.3) is 0 Å². The molecule has 0 amide bonds. The quantitative estimate of drug-likeness (QED) is 0.722. The minimum Gasteiger partial charge on any atom is -0.399 e. The highest BCUT2D eigenvalue weighted by Gasteiger charge is 2.03. The second-order valence-corrected chi connectivity index (χ2v) is 3.40. The van der Waals surface area contributed by atoms with Crippen LogP contribution < -0.4 is 5.73 Å². The van der Waals surface area contributed by atoms with Crippen LogP contribution in [0.1, 0.15) is 11.1 Å². The van der Waals surface area contributed by atoms with Crippen molar-refractivity contribution in [3.63, 3.8) is 0 Å². The van der Waals surface area contributed by atoms with Gasteiger partial charge in [0.15, 0.2) is 0 Å². The van der Waals surface area contributed by atoms with Crippen molar-refractivity contribution in [2.24, 2.45) is 0 Å². The number of nitrogens with zero attached hydrogens (tertiary/aromatic N) is 1. The molecule has 0 fully saturated rings. The number of nitrogens with two attached hydrogens (primary N) is 1. The first-order valence-electron chi connectivity index (χ1n) is 4.21. The molecule has 0 spiro atoms. The third-order valence-electron chi connectivity index (χ3n) is 1.86. The van der Waals surface area contributed by atoms with Gasteiger partial charge in [-0.3, -0.25) is 0 Å². The molecule has 1 aromatic carbocycles. The van der Waals surface area contributed by atoms with E-state index in [-0.39, 0.29) is 0 Å². The lowest BCUT2D eigenvalue weighted by Crippen LogP contribution is -2.12. The van der Waals surface area contributed by atoms with E-state index in [1.54, 1.807) is 12.1 Å². The van der Waals surface area contributed by atoms with Crippen molar-refractivity contribution in [1.29, 1.82) is 0 Å². The van der Waals surface area contributed by atoms with Gasteiger partial charge in [-0.2, -0.15) is 0 Å². The van der Waals surface area contributed by atoms with Crippen LogP contribution in [-0.4, -0.2) is 19.0 Å². The highest BCUT2D eigenvalue weighted by Crippen LogP contribution is 2.15. The van der Waals surface area contributed by atoms with Gasteiger partial charge < -0.3 is 10.6 Å². The molecule has 2 nitrogen and oxygen atoms in total. The number of alkyl halides is 1. The van der Waals surface area contributed by atoms with Crippen molar-refractivity contribution in [1.82, 2.24) is 4.90 Å². The normalized spacial score (nSPS) is 10.8. The maximum atomic E-state index is 12.5. The number of benzene rings is 1. The molecule has 0 atom stereocenters. The van der Waals surface area contributed by atoms with Crippen LogP contribution in [0.2, 0.25) is 0 Å². The van der Waals surface area contributed by atoms with Crippen molar-refractivity contribution >= 4 is 5.69 Å². The topological polar surface area (TPSA) is 29.3 Å². The van der Waals surface area contributed by atoms with E-state index in [9.17, 15) is 4.39 Å². The number of rotatable bonds is 3. The largest absolute Gasteiger partial charge is 0.399 e. The van der Waals surface area contributed by atoms with E-state index >= 15 is 0 Å². The van der Waals surface area contributed by atoms with Crippen LogP contribution in [0.5, 0.6) is 0 Å². The Morgan fingerprint density at radius 2 is 2.00 bits per heavy atom. The van der Waals surface area contributed by atoms with Gasteiger partial charge in [-0.1, -0.05) is 6.07 Å². The Kier molecular flexibility index (Phi) is 3.25. The van der Waals surface area contributed by atoms with Crippen molar-refractivity contribution in [2.45, 2.75) is 13.2 Å². The fourth-order valence-electron chi connectivity index (χ4n) is 1.27. The molecule has 0 saturated heterocycles. The molecule has 0 heterocycles. The fraction of sp³-hybridized carbons (Fsp3) is 0.400. The molecule has 0 bridgehead atoms. The van der Waals surface area contributed by atoms with E-state index in [0.717, 1.165) is 12.1 Å². The zero-order valence-corrected chi connectivity index (χ0v) is 8.05. The van der Waals surface area contributed by atoms with E-state index in [0.29, 0.717) is 11.3 Å². The molecule has 0 saturated carbocycles. The SMILES string of the molecule is CN(C)Cc1ccc(N)cc1CF. The molecule has 1 rings (SSSR count). The maximum absolute atomic E-state index is 12.5. The molecule has 0 aliphatic carbocycles. The Labute approximate surface area is 78.2 Å². The molecule has 13 heavy (non-hydrogen) atoms. The van der Waals surface area contributed by atoms with Crippen LogP contribution in [0.3, 0.4) is 0 Å². The Morgan fingerprint density at radius 3 is 2.54 bits per heavy atom. The van der Waals surface area contributed by atoms with Gasteiger partial charge in [0, 0.05) is 12.2 Å². The summed E-state index contributed by atoms with van der Waals surface area (Å²) in [6.07, 6.45) is 0. The predicted molar refractivity (Wildman–Crippen MR) is 53.1 cm³/mol. The molecule has 1 aromatic rings. The summed E-state index contributed by atoms with van der Waals surface area (Å²) in [4.78, 5) is 2.00. The Morgan fingerprint density at radius 1 is 1.31 bits per heavy atom. The zero-order chi connectivity index (χ0) is 9.84. The van der Waals surface area contributed by atoms with E-state index < -0.39 is 6.67 Å². The molecule has 72 valence electrons. The second-order valence-electron chi connectivity index (χ2n) is 3.40. The van der Waals surface area contributed by atoms with Gasteiger partial charge in [0.2, 0.25) is 0 Å². The fourth-order valence-corrected chi connectivity index (χ4v) is 1.27. The molecule has 0 unspecified atom stereocenters. The summed E-state index contributed by atoms with van der Waals surface area (Å²) in [6.45, 7) is 0.299. The van der Waals surface area contributed by atoms with Crippen LogP contribution >= 0.6 is 0 Å². The number of anilines is 1. The third-order valence-corrected chi connectivity index (χ3v) is 1.86. The van der Waals surface area contributed by atoms with E-state index in [2.05, 4.69) is 0 Å². The predicted octanol–water partition coefficient (Wildman–Crippen LogP) is 1.80.